The lowest BCUT2D eigenvalue weighted by Gasteiger charge is -2.15. The molecule has 0 amide bonds. The lowest BCUT2D eigenvalue weighted by molar-refractivity contribution is 0.610. The van der Waals surface area contributed by atoms with Crippen molar-refractivity contribution in [2.45, 2.75) is 32.2 Å². The zero-order chi connectivity index (χ0) is 10.8. The molecule has 2 nitrogen and oxygen atoms in total. The fourth-order valence-corrected chi connectivity index (χ4v) is 1.83. The van der Waals surface area contributed by atoms with Gasteiger partial charge < -0.3 is 11.1 Å². The van der Waals surface area contributed by atoms with E-state index in [1.165, 1.54) is 18.9 Å². The molecule has 0 radical (unpaired) electrons. The first-order valence-corrected chi connectivity index (χ1v) is 5.46. The molecular weight excluding hydrogens is 191 g/mol. The minimum atomic E-state index is -0.266. The monoisotopic (exact) mass is 208 g/mol. The minimum absolute atomic E-state index is 0.266. The molecule has 1 atom stereocenters. The van der Waals surface area contributed by atoms with Gasteiger partial charge in [-0.2, -0.15) is 0 Å². The van der Waals surface area contributed by atoms with Gasteiger partial charge in [0.2, 0.25) is 0 Å². The van der Waals surface area contributed by atoms with Gasteiger partial charge in [-0.25, -0.2) is 4.39 Å². The number of hydrogen-bond donors (Lipinski definition) is 2. The predicted molar refractivity (Wildman–Crippen MR) is 61.2 cm³/mol. The summed E-state index contributed by atoms with van der Waals surface area (Å²) in [6, 6.07) is 5.10. The van der Waals surface area contributed by atoms with Crippen molar-refractivity contribution in [1.82, 2.24) is 0 Å². The van der Waals surface area contributed by atoms with Crippen LogP contribution in [-0.4, -0.2) is 6.04 Å². The van der Waals surface area contributed by atoms with Crippen LogP contribution < -0.4 is 11.1 Å². The highest BCUT2D eigenvalue weighted by Crippen LogP contribution is 2.34. The molecule has 82 valence electrons. The Morgan fingerprint density at radius 2 is 2.27 bits per heavy atom. The summed E-state index contributed by atoms with van der Waals surface area (Å²) in [5, 5.41) is 3.18. The van der Waals surface area contributed by atoms with Crippen LogP contribution in [0.1, 0.15) is 26.2 Å². The second-order valence-electron chi connectivity index (χ2n) is 4.46. The number of halogens is 1. The van der Waals surface area contributed by atoms with E-state index in [0.717, 1.165) is 12.3 Å². The maximum atomic E-state index is 13.4. The van der Waals surface area contributed by atoms with E-state index < -0.39 is 0 Å². The maximum absolute atomic E-state index is 13.4. The summed E-state index contributed by atoms with van der Waals surface area (Å²) in [6.45, 7) is 2.09. The second kappa shape index (κ2) is 4.09. The van der Waals surface area contributed by atoms with E-state index in [-0.39, 0.29) is 5.82 Å². The van der Waals surface area contributed by atoms with E-state index in [4.69, 9.17) is 5.73 Å². The van der Waals surface area contributed by atoms with Gasteiger partial charge in [0.15, 0.2) is 0 Å². The number of benzene rings is 1. The van der Waals surface area contributed by atoms with Crippen molar-refractivity contribution < 1.29 is 4.39 Å². The zero-order valence-corrected chi connectivity index (χ0v) is 8.96. The van der Waals surface area contributed by atoms with Gasteiger partial charge in [-0.05, 0) is 37.5 Å². The first-order valence-electron chi connectivity index (χ1n) is 5.46. The minimum Gasteiger partial charge on any atom is -0.399 e. The number of nitrogen functional groups attached to an aromatic ring is 1. The fraction of sp³-hybridized carbons (Fsp3) is 0.500. The summed E-state index contributed by atoms with van der Waals surface area (Å²) in [4.78, 5) is 0. The molecule has 1 aliphatic carbocycles. The highest BCUT2D eigenvalue weighted by atomic mass is 19.1. The van der Waals surface area contributed by atoms with Crippen LogP contribution in [0.2, 0.25) is 0 Å². The third-order valence-electron chi connectivity index (χ3n) is 2.78. The van der Waals surface area contributed by atoms with Gasteiger partial charge in [0, 0.05) is 11.7 Å². The predicted octanol–water partition coefficient (Wildman–Crippen LogP) is 3.01. The Labute approximate surface area is 89.7 Å². The molecule has 0 saturated heterocycles. The van der Waals surface area contributed by atoms with Crippen molar-refractivity contribution in [2.75, 3.05) is 11.1 Å². The van der Waals surface area contributed by atoms with Crippen LogP contribution in [0, 0.1) is 11.7 Å². The van der Waals surface area contributed by atoms with Gasteiger partial charge >= 0.3 is 0 Å². The zero-order valence-electron chi connectivity index (χ0n) is 8.96. The number of anilines is 2. The number of rotatable bonds is 4. The average Bonchev–Trinajstić information content (AvgIpc) is 2.94. The molecule has 3 N–H and O–H groups in total. The van der Waals surface area contributed by atoms with Gasteiger partial charge in [-0.1, -0.05) is 12.8 Å². The highest BCUT2D eigenvalue weighted by molar-refractivity contribution is 5.53. The SMILES string of the molecule is CC(CC1CC1)Nc1ccc(N)cc1F. The largest absolute Gasteiger partial charge is 0.399 e. The van der Waals surface area contributed by atoms with Crippen LogP contribution in [0.15, 0.2) is 18.2 Å². The first kappa shape index (κ1) is 10.3. The van der Waals surface area contributed by atoms with Crippen molar-refractivity contribution in [3.05, 3.63) is 24.0 Å². The quantitative estimate of drug-likeness (QED) is 0.746. The topological polar surface area (TPSA) is 38.0 Å². The van der Waals surface area contributed by atoms with Crippen LogP contribution in [0.5, 0.6) is 0 Å². The van der Waals surface area contributed by atoms with Gasteiger partial charge in [-0.3, -0.25) is 0 Å². The number of nitrogens with one attached hydrogen (secondary N) is 1. The normalized spacial score (nSPS) is 17.5. The van der Waals surface area contributed by atoms with E-state index in [1.807, 2.05) is 0 Å². The summed E-state index contributed by atoms with van der Waals surface area (Å²) >= 11 is 0. The van der Waals surface area contributed by atoms with Crippen LogP contribution in [0.4, 0.5) is 15.8 Å². The molecule has 0 aromatic heterocycles. The standard InChI is InChI=1S/C12H17FN2/c1-8(6-9-2-3-9)15-12-5-4-10(14)7-11(12)13/h4-5,7-9,15H,2-3,6,14H2,1H3. The van der Waals surface area contributed by atoms with Crippen LogP contribution in [0.3, 0.4) is 0 Å². The third kappa shape index (κ3) is 2.85. The summed E-state index contributed by atoms with van der Waals surface area (Å²) in [5.74, 6) is 0.585. The van der Waals surface area contributed by atoms with Crippen molar-refractivity contribution in [3.8, 4) is 0 Å². The van der Waals surface area contributed by atoms with Crippen molar-refractivity contribution in [3.63, 3.8) is 0 Å². The maximum Gasteiger partial charge on any atom is 0.148 e. The van der Waals surface area contributed by atoms with Crippen molar-refractivity contribution in [1.29, 1.82) is 0 Å². The molecule has 0 aliphatic heterocycles. The average molecular weight is 208 g/mol. The Morgan fingerprint density at radius 3 is 2.87 bits per heavy atom. The Kier molecular flexibility index (Phi) is 2.80. The second-order valence-corrected chi connectivity index (χ2v) is 4.46. The molecule has 1 aromatic carbocycles. The molecule has 1 unspecified atom stereocenters. The smallest absolute Gasteiger partial charge is 0.148 e. The van der Waals surface area contributed by atoms with Crippen LogP contribution >= 0.6 is 0 Å². The molecule has 1 aliphatic rings. The third-order valence-corrected chi connectivity index (χ3v) is 2.78. The Bertz CT molecular complexity index is 347. The summed E-state index contributed by atoms with van der Waals surface area (Å²) in [7, 11) is 0. The van der Waals surface area contributed by atoms with Gasteiger partial charge in [0.05, 0.1) is 5.69 Å². The Morgan fingerprint density at radius 1 is 1.53 bits per heavy atom. The molecule has 0 spiro atoms. The lowest BCUT2D eigenvalue weighted by Crippen LogP contribution is -2.16. The molecule has 3 heteroatoms. The van der Waals surface area contributed by atoms with Gasteiger partial charge in [0.1, 0.15) is 5.82 Å². The Hall–Kier alpha value is -1.25. The summed E-state index contributed by atoms with van der Waals surface area (Å²) in [5.41, 5.74) is 6.50. The lowest BCUT2D eigenvalue weighted by atomic mass is 10.1. The molecule has 0 heterocycles. The van der Waals surface area contributed by atoms with E-state index in [9.17, 15) is 4.39 Å². The van der Waals surface area contributed by atoms with Crippen molar-refractivity contribution in [2.24, 2.45) is 5.92 Å². The molecule has 1 saturated carbocycles. The fourth-order valence-electron chi connectivity index (χ4n) is 1.83. The number of hydrogen-bond acceptors (Lipinski definition) is 2. The van der Waals surface area contributed by atoms with Crippen molar-refractivity contribution >= 4 is 11.4 Å². The molecule has 0 bridgehead atoms. The Balaban J connectivity index is 1.96. The summed E-state index contributed by atoms with van der Waals surface area (Å²) in [6.07, 6.45) is 3.79. The van der Waals surface area contributed by atoms with Crippen LogP contribution in [0.25, 0.3) is 0 Å². The highest BCUT2D eigenvalue weighted by Gasteiger charge is 2.23. The van der Waals surface area contributed by atoms with E-state index in [1.54, 1.807) is 12.1 Å². The van der Waals surface area contributed by atoms with Gasteiger partial charge in [0.25, 0.3) is 0 Å². The van der Waals surface area contributed by atoms with Crippen LogP contribution in [-0.2, 0) is 0 Å². The molecule has 1 aromatic rings. The van der Waals surface area contributed by atoms with E-state index in [2.05, 4.69) is 12.2 Å². The molecule has 15 heavy (non-hydrogen) atoms. The molecule has 2 rings (SSSR count). The van der Waals surface area contributed by atoms with E-state index in [0.29, 0.717) is 17.4 Å². The molecular formula is C12H17FN2. The van der Waals surface area contributed by atoms with E-state index >= 15 is 0 Å². The molecule has 1 fully saturated rings. The summed E-state index contributed by atoms with van der Waals surface area (Å²) < 4.78 is 13.4. The number of nitrogens with two attached hydrogens (primary N) is 1. The van der Waals surface area contributed by atoms with Gasteiger partial charge in [-0.15, -0.1) is 0 Å². The first-order chi connectivity index (χ1) is 7.15.